The Morgan fingerprint density at radius 2 is 1.83 bits per heavy atom. The highest BCUT2D eigenvalue weighted by molar-refractivity contribution is 5.91. The molecule has 0 bridgehead atoms. The third-order valence-corrected chi connectivity index (χ3v) is 4.36. The van der Waals surface area contributed by atoms with Gasteiger partial charge in [-0.3, -0.25) is 9.48 Å². The van der Waals surface area contributed by atoms with Gasteiger partial charge in [-0.2, -0.15) is 10.2 Å². The van der Waals surface area contributed by atoms with Crippen molar-refractivity contribution in [3.63, 3.8) is 0 Å². The molecule has 29 heavy (non-hydrogen) atoms. The van der Waals surface area contributed by atoms with Gasteiger partial charge in [0.15, 0.2) is 11.5 Å². The number of anilines is 1. The van der Waals surface area contributed by atoms with Gasteiger partial charge in [0.1, 0.15) is 12.2 Å². The van der Waals surface area contributed by atoms with Crippen LogP contribution in [0, 0.1) is 13.8 Å². The average Bonchev–Trinajstić information content (AvgIpc) is 3.14. The van der Waals surface area contributed by atoms with Crippen molar-refractivity contribution in [2.75, 3.05) is 5.32 Å². The molecule has 0 aromatic carbocycles. The van der Waals surface area contributed by atoms with Gasteiger partial charge in [-0.25, -0.2) is 27.2 Å². The molecule has 11 heteroatoms. The molecule has 0 spiro atoms. The molecule has 0 fully saturated rings. The molecule has 0 radical (unpaired) electrons. The largest absolute Gasteiger partial charge is 0.308 e. The number of aryl methyl sites for hydroxylation is 3. The van der Waals surface area contributed by atoms with E-state index in [2.05, 4.69) is 20.5 Å². The Balaban J connectivity index is 1.91. The number of carbonyl (C=O) groups excluding carboxylic acids is 1. The van der Waals surface area contributed by atoms with Crippen molar-refractivity contribution >= 4 is 22.8 Å². The Kier molecular flexibility index (Phi) is 5.85. The molecule has 1 N–H and O–H groups in total. The van der Waals surface area contributed by atoms with E-state index in [9.17, 15) is 22.4 Å². The smallest absolute Gasteiger partial charge is 0.280 e. The Labute approximate surface area is 163 Å². The van der Waals surface area contributed by atoms with E-state index in [1.165, 1.54) is 6.92 Å². The maximum Gasteiger partial charge on any atom is 0.280 e. The second-order valence-corrected chi connectivity index (χ2v) is 6.62. The number of hydrogen-bond acceptors (Lipinski definition) is 4. The summed E-state index contributed by atoms with van der Waals surface area (Å²) in [5.41, 5.74) is -0.503. The average molecular weight is 412 g/mol. The van der Waals surface area contributed by atoms with Gasteiger partial charge in [0.25, 0.3) is 12.9 Å². The fraction of sp³-hybridized carbons (Fsp3) is 0.444. The maximum atomic E-state index is 13.4. The van der Waals surface area contributed by atoms with E-state index < -0.39 is 30.0 Å². The van der Waals surface area contributed by atoms with Crippen molar-refractivity contribution < 1.29 is 22.4 Å². The van der Waals surface area contributed by atoms with Gasteiger partial charge in [-0.05, 0) is 26.3 Å². The lowest BCUT2D eigenvalue weighted by molar-refractivity contribution is -0.116. The van der Waals surface area contributed by atoms with Crippen LogP contribution in [0.1, 0.15) is 48.8 Å². The number of rotatable bonds is 7. The van der Waals surface area contributed by atoms with Crippen LogP contribution in [0.5, 0.6) is 0 Å². The Hall–Kier alpha value is -2.98. The third kappa shape index (κ3) is 4.22. The van der Waals surface area contributed by atoms with Gasteiger partial charge >= 0.3 is 0 Å². The molecule has 3 aromatic heterocycles. The lowest BCUT2D eigenvalue weighted by atomic mass is 10.1. The van der Waals surface area contributed by atoms with E-state index in [1.807, 2.05) is 13.8 Å². The van der Waals surface area contributed by atoms with Crippen LogP contribution in [0.3, 0.4) is 0 Å². The van der Waals surface area contributed by atoms with Crippen molar-refractivity contribution in [2.45, 2.75) is 53.1 Å². The number of nitrogens with one attached hydrogen (secondary N) is 1. The van der Waals surface area contributed by atoms with Crippen LogP contribution in [-0.4, -0.2) is 30.5 Å². The predicted octanol–water partition coefficient (Wildman–Crippen LogP) is 4.17. The molecule has 0 unspecified atom stereocenters. The van der Waals surface area contributed by atoms with Crippen molar-refractivity contribution in [3.8, 4) is 0 Å². The highest BCUT2D eigenvalue weighted by Crippen LogP contribution is 2.32. The summed E-state index contributed by atoms with van der Waals surface area (Å²) in [5.74, 6) is -0.193. The van der Waals surface area contributed by atoms with Gasteiger partial charge in [-0.1, -0.05) is 6.92 Å². The maximum absolute atomic E-state index is 13.4. The molecule has 3 heterocycles. The summed E-state index contributed by atoms with van der Waals surface area (Å²) in [7, 11) is 0. The van der Waals surface area contributed by atoms with E-state index in [1.54, 1.807) is 10.7 Å². The third-order valence-electron chi connectivity index (χ3n) is 4.36. The number of carbonyl (C=O) groups is 1. The first-order valence-corrected chi connectivity index (χ1v) is 8.99. The van der Waals surface area contributed by atoms with E-state index in [-0.39, 0.29) is 23.3 Å². The minimum atomic E-state index is -3.03. The summed E-state index contributed by atoms with van der Waals surface area (Å²) in [6.45, 7) is 5.62. The molecule has 7 nitrogen and oxygen atoms in total. The molecule has 0 saturated carbocycles. The van der Waals surface area contributed by atoms with Crippen LogP contribution in [0.2, 0.25) is 0 Å². The Morgan fingerprint density at radius 3 is 2.45 bits per heavy atom. The quantitative estimate of drug-likeness (QED) is 0.591. The fourth-order valence-electron chi connectivity index (χ4n) is 3.13. The lowest BCUT2D eigenvalue weighted by Gasteiger charge is -2.08. The second kappa shape index (κ2) is 8.18. The topological polar surface area (TPSA) is 77.6 Å². The highest BCUT2D eigenvalue weighted by Gasteiger charge is 2.24. The van der Waals surface area contributed by atoms with Crippen LogP contribution in [0.4, 0.5) is 23.4 Å². The van der Waals surface area contributed by atoms with Crippen molar-refractivity contribution in [2.24, 2.45) is 0 Å². The van der Waals surface area contributed by atoms with Crippen LogP contribution < -0.4 is 5.32 Å². The molecule has 0 aliphatic carbocycles. The normalized spacial score (nSPS) is 11.8. The Morgan fingerprint density at radius 1 is 1.10 bits per heavy atom. The number of pyridine rings is 1. The van der Waals surface area contributed by atoms with E-state index in [4.69, 9.17) is 0 Å². The van der Waals surface area contributed by atoms with Gasteiger partial charge in [-0.15, -0.1) is 0 Å². The van der Waals surface area contributed by atoms with Crippen molar-refractivity contribution in [1.82, 2.24) is 24.5 Å². The van der Waals surface area contributed by atoms with E-state index >= 15 is 0 Å². The summed E-state index contributed by atoms with van der Waals surface area (Å²) in [5, 5.41) is 10.9. The SMILES string of the molecule is CCCn1nc(NC(=O)Cn2nc(C)c3c(C(F)F)cc(C(F)F)nc32)cc1C. The van der Waals surface area contributed by atoms with Gasteiger partial charge < -0.3 is 5.32 Å². The van der Waals surface area contributed by atoms with Crippen LogP contribution >= 0.6 is 0 Å². The van der Waals surface area contributed by atoms with Crippen molar-refractivity contribution in [1.29, 1.82) is 0 Å². The zero-order valence-electron chi connectivity index (χ0n) is 16.1. The molecule has 3 aromatic rings. The molecular weight excluding hydrogens is 392 g/mol. The number of nitrogens with zero attached hydrogens (tertiary/aromatic N) is 5. The number of amides is 1. The van der Waals surface area contributed by atoms with Gasteiger partial charge in [0.05, 0.1) is 11.1 Å². The fourth-order valence-corrected chi connectivity index (χ4v) is 3.13. The predicted molar refractivity (Wildman–Crippen MR) is 98.1 cm³/mol. The minimum absolute atomic E-state index is 0.0275. The summed E-state index contributed by atoms with van der Waals surface area (Å²) in [6.07, 6.45) is -5.13. The summed E-state index contributed by atoms with van der Waals surface area (Å²) in [4.78, 5) is 16.2. The minimum Gasteiger partial charge on any atom is -0.308 e. The first-order valence-electron chi connectivity index (χ1n) is 8.99. The molecule has 1 amide bonds. The molecule has 0 saturated heterocycles. The summed E-state index contributed by atoms with van der Waals surface area (Å²) < 4.78 is 55.8. The van der Waals surface area contributed by atoms with Gasteiger partial charge in [0.2, 0.25) is 5.91 Å². The lowest BCUT2D eigenvalue weighted by Crippen LogP contribution is -2.20. The molecular formula is C18H20F4N6O. The van der Waals surface area contributed by atoms with Crippen molar-refractivity contribution in [3.05, 3.63) is 34.8 Å². The summed E-state index contributed by atoms with van der Waals surface area (Å²) >= 11 is 0. The second-order valence-electron chi connectivity index (χ2n) is 6.62. The molecule has 0 aliphatic heterocycles. The van der Waals surface area contributed by atoms with E-state index in [0.29, 0.717) is 18.4 Å². The number of hydrogen-bond donors (Lipinski definition) is 1. The Bertz CT molecular complexity index is 1040. The van der Waals surface area contributed by atoms with Gasteiger partial charge in [0, 0.05) is 23.9 Å². The van der Waals surface area contributed by atoms with E-state index in [0.717, 1.165) is 16.8 Å². The number of halogens is 4. The summed E-state index contributed by atoms with van der Waals surface area (Å²) in [6, 6.07) is 2.38. The number of alkyl halides is 4. The van der Waals surface area contributed by atoms with Crippen LogP contribution in [0.15, 0.2) is 12.1 Å². The standard InChI is InChI=1S/C18H20F4N6O/c1-4-5-27-9(2)6-13(26-27)24-14(29)8-28-18-15(10(3)25-28)11(16(19)20)7-12(23-18)17(21)22/h6-7,16-17H,4-5,8H2,1-3H3,(H,24,26,29). The van der Waals surface area contributed by atoms with Crippen LogP contribution in [0.25, 0.3) is 11.0 Å². The highest BCUT2D eigenvalue weighted by atomic mass is 19.3. The molecule has 156 valence electrons. The number of aromatic nitrogens is 5. The molecule has 0 atom stereocenters. The monoisotopic (exact) mass is 412 g/mol. The zero-order valence-corrected chi connectivity index (χ0v) is 16.1. The first-order chi connectivity index (χ1) is 13.7. The van der Waals surface area contributed by atoms with Crippen LogP contribution in [-0.2, 0) is 17.9 Å². The number of fused-ring (bicyclic) bond motifs is 1. The first kappa shape index (κ1) is 20.7. The molecule has 0 aliphatic rings. The zero-order chi connectivity index (χ0) is 21.3. The molecule has 3 rings (SSSR count).